The lowest BCUT2D eigenvalue weighted by atomic mass is 10.2. The molecule has 1 aliphatic carbocycles. The second-order valence-corrected chi connectivity index (χ2v) is 5.20. The summed E-state index contributed by atoms with van der Waals surface area (Å²) in [6.07, 6.45) is 2.66. The third-order valence-electron chi connectivity index (χ3n) is 2.22. The van der Waals surface area contributed by atoms with Crippen molar-refractivity contribution in [1.29, 1.82) is 0 Å². The second kappa shape index (κ2) is 3.97. The molecular weight excluding hydrogens is 246 g/mol. The van der Waals surface area contributed by atoms with Gasteiger partial charge in [-0.15, -0.1) is 0 Å². The molecule has 0 atom stereocenters. The van der Waals surface area contributed by atoms with Crippen LogP contribution in [0.2, 0.25) is 0 Å². The molecule has 8 heteroatoms. The zero-order valence-corrected chi connectivity index (χ0v) is 9.61. The van der Waals surface area contributed by atoms with Gasteiger partial charge in [-0.05, 0) is 18.9 Å². The molecule has 17 heavy (non-hydrogen) atoms. The zero-order chi connectivity index (χ0) is 12.6. The fourth-order valence-corrected chi connectivity index (χ4v) is 1.92. The minimum atomic E-state index is -4.05. The van der Waals surface area contributed by atoms with Crippen LogP contribution in [-0.4, -0.2) is 25.4 Å². The van der Waals surface area contributed by atoms with Crippen molar-refractivity contribution in [2.45, 2.75) is 24.0 Å². The minimum absolute atomic E-state index is 0.0316. The third kappa shape index (κ3) is 2.53. The third-order valence-corrected chi connectivity index (χ3v) is 3.05. The van der Waals surface area contributed by atoms with Crippen molar-refractivity contribution in [1.82, 2.24) is 4.98 Å². The summed E-state index contributed by atoms with van der Waals surface area (Å²) in [5, 5.41) is 4.54. The molecule has 1 heterocycles. The number of ether oxygens (including phenoxy) is 1. The van der Waals surface area contributed by atoms with Crippen molar-refractivity contribution in [3.63, 3.8) is 0 Å². The van der Waals surface area contributed by atoms with E-state index >= 15 is 0 Å². The van der Waals surface area contributed by atoms with Gasteiger partial charge in [0.15, 0.2) is 5.75 Å². The molecular formula is C9H11N3O4S. The van der Waals surface area contributed by atoms with E-state index in [1.807, 2.05) is 0 Å². The number of amides is 1. The Morgan fingerprint density at radius 3 is 2.59 bits per heavy atom. The first kappa shape index (κ1) is 11.8. The Kier molecular flexibility index (Phi) is 2.76. The van der Waals surface area contributed by atoms with Crippen LogP contribution in [0.1, 0.15) is 23.2 Å². The van der Waals surface area contributed by atoms with Crippen molar-refractivity contribution in [2.75, 3.05) is 0 Å². The first-order valence-corrected chi connectivity index (χ1v) is 6.42. The largest absolute Gasteiger partial charge is 0.486 e. The maximum absolute atomic E-state index is 11.3. The monoisotopic (exact) mass is 257 g/mol. The zero-order valence-electron chi connectivity index (χ0n) is 8.79. The lowest BCUT2D eigenvalue weighted by Gasteiger charge is -2.11. The molecule has 1 aromatic heterocycles. The highest BCUT2D eigenvalue weighted by molar-refractivity contribution is 7.89. The Labute approximate surface area is 97.8 Å². The van der Waals surface area contributed by atoms with Gasteiger partial charge in [0.2, 0.25) is 5.03 Å². The maximum atomic E-state index is 11.3. The molecule has 1 amide bonds. The number of hydrogen-bond acceptors (Lipinski definition) is 5. The van der Waals surface area contributed by atoms with E-state index < -0.39 is 21.0 Å². The van der Waals surface area contributed by atoms with E-state index in [0.29, 0.717) is 0 Å². The van der Waals surface area contributed by atoms with Gasteiger partial charge in [-0.2, -0.15) is 0 Å². The summed E-state index contributed by atoms with van der Waals surface area (Å²) >= 11 is 0. The summed E-state index contributed by atoms with van der Waals surface area (Å²) in [5.41, 5.74) is 5.11. The summed E-state index contributed by atoms with van der Waals surface area (Å²) in [5.74, 6) is -0.932. The van der Waals surface area contributed by atoms with Crippen molar-refractivity contribution in [2.24, 2.45) is 10.9 Å². The molecule has 1 saturated carbocycles. The van der Waals surface area contributed by atoms with Crippen LogP contribution >= 0.6 is 0 Å². The smallest absolute Gasteiger partial charge is 0.259 e. The number of hydrogen-bond donors (Lipinski definition) is 2. The van der Waals surface area contributed by atoms with Crippen LogP contribution in [0, 0.1) is 0 Å². The SMILES string of the molecule is NC(=O)c1ccnc(S(N)(=O)=O)c1OC1CC1. The average molecular weight is 257 g/mol. The van der Waals surface area contributed by atoms with Gasteiger partial charge < -0.3 is 10.5 Å². The molecule has 1 aromatic rings. The number of sulfonamides is 1. The molecule has 4 N–H and O–H groups in total. The van der Waals surface area contributed by atoms with Crippen LogP contribution in [0.5, 0.6) is 5.75 Å². The van der Waals surface area contributed by atoms with Crippen molar-refractivity contribution in [3.8, 4) is 5.75 Å². The normalized spacial score (nSPS) is 15.6. The lowest BCUT2D eigenvalue weighted by Crippen LogP contribution is -2.20. The Morgan fingerprint density at radius 1 is 1.47 bits per heavy atom. The Hall–Kier alpha value is -1.67. The number of carbonyl (C=O) groups is 1. The van der Waals surface area contributed by atoms with E-state index in [2.05, 4.69) is 4.98 Å². The quantitative estimate of drug-likeness (QED) is 0.742. The average Bonchev–Trinajstić information content (AvgIpc) is 3.00. The van der Waals surface area contributed by atoms with E-state index in [1.54, 1.807) is 0 Å². The lowest BCUT2D eigenvalue weighted by molar-refractivity contribution is 0.0995. The fraction of sp³-hybridized carbons (Fsp3) is 0.333. The maximum Gasteiger partial charge on any atom is 0.259 e. The van der Waals surface area contributed by atoms with Gasteiger partial charge in [0, 0.05) is 6.20 Å². The standard InChI is InChI=1S/C9H11N3O4S/c10-8(13)6-3-4-12-9(17(11,14)15)7(6)16-5-1-2-5/h3-5H,1-2H2,(H2,10,13)(H2,11,14,15). The Bertz CT molecular complexity index is 566. The number of primary amides is 1. The van der Waals surface area contributed by atoms with Crippen LogP contribution in [0.15, 0.2) is 17.3 Å². The summed E-state index contributed by atoms with van der Waals surface area (Å²) < 4.78 is 28.0. The molecule has 0 spiro atoms. The number of primary sulfonamides is 1. The van der Waals surface area contributed by atoms with Gasteiger partial charge in [0.05, 0.1) is 11.7 Å². The fourth-order valence-electron chi connectivity index (χ4n) is 1.29. The molecule has 92 valence electrons. The topological polar surface area (TPSA) is 125 Å². The van der Waals surface area contributed by atoms with Crippen LogP contribution in [-0.2, 0) is 10.0 Å². The van der Waals surface area contributed by atoms with Gasteiger partial charge in [-0.25, -0.2) is 18.5 Å². The van der Waals surface area contributed by atoms with E-state index in [0.717, 1.165) is 19.0 Å². The highest BCUT2D eigenvalue weighted by Gasteiger charge is 2.30. The number of rotatable bonds is 4. The molecule has 2 rings (SSSR count). The summed E-state index contributed by atoms with van der Waals surface area (Å²) in [6.45, 7) is 0. The number of aromatic nitrogens is 1. The highest BCUT2D eigenvalue weighted by Crippen LogP contribution is 2.32. The molecule has 0 saturated heterocycles. The van der Waals surface area contributed by atoms with Gasteiger partial charge in [0.25, 0.3) is 15.9 Å². The van der Waals surface area contributed by atoms with E-state index in [9.17, 15) is 13.2 Å². The number of nitrogens with zero attached hydrogens (tertiary/aromatic N) is 1. The van der Waals surface area contributed by atoms with Gasteiger partial charge in [-0.3, -0.25) is 4.79 Å². The minimum Gasteiger partial charge on any atom is -0.486 e. The molecule has 0 aliphatic heterocycles. The predicted molar refractivity (Wildman–Crippen MR) is 57.8 cm³/mol. The van der Waals surface area contributed by atoms with Crippen molar-refractivity contribution >= 4 is 15.9 Å². The predicted octanol–water partition coefficient (Wildman–Crippen LogP) is -0.631. The van der Waals surface area contributed by atoms with Crippen molar-refractivity contribution < 1.29 is 17.9 Å². The number of nitrogens with two attached hydrogens (primary N) is 2. The van der Waals surface area contributed by atoms with Crippen LogP contribution in [0.3, 0.4) is 0 Å². The molecule has 1 fully saturated rings. The first-order chi connectivity index (χ1) is 7.89. The summed E-state index contributed by atoms with van der Waals surface area (Å²) in [4.78, 5) is 14.8. The number of pyridine rings is 1. The number of carbonyl (C=O) groups excluding carboxylic acids is 1. The highest BCUT2D eigenvalue weighted by atomic mass is 32.2. The van der Waals surface area contributed by atoms with Crippen LogP contribution < -0.4 is 15.6 Å². The van der Waals surface area contributed by atoms with Crippen LogP contribution in [0.4, 0.5) is 0 Å². The first-order valence-electron chi connectivity index (χ1n) is 4.88. The van der Waals surface area contributed by atoms with Gasteiger partial charge >= 0.3 is 0 Å². The van der Waals surface area contributed by atoms with Crippen LogP contribution in [0.25, 0.3) is 0 Å². The summed E-state index contributed by atoms with van der Waals surface area (Å²) in [6, 6.07) is 1.30. The molecule has 0 unspecified atom stereocenters. The molecule has 0 bridgehead atoms. The summed E-state index contributed by atoms with van der Waals surface area (Å²) in [7, 11) is -4.05. The van der Waals surface area contributed by atoms with E-state index in [4.69, 9.17) is 15.6 Å². The van der Waals surface area contributed by atoms with E-state index in [-0.39, 0.29) is 17.4 Å². The van der Waals surface area contributed by atoms with E-state index in [1.165, 1.54) is 6.07 Å². The Balaban J connectivity index is 2.57. The molecule has 1 aliphatic rings. The molecule has 7 nitrogen and oxygen atoms in total. The second-order valence-electron chi connectivity index (χ2n) is 3.72. The molecule has 0 aromatic carbocycles. The van der Waals surface area contributed by atoms with Gasteiger partial charge in [0.1, 0.15) is 0 Å². The Morgan fingerprint density at radius 2 is 2.12 bits per heavy atom. The van der Waals surface area contributed by atoms with Gasteiger partial charge in [-0.1, -0.05) is 0 Å². The van der Waals surface area contributed by atoms with Crippen molar-refractivity contribution in [3.05, 3.63) is 17.8 Å². The molecule has 0 radical (unpaired) electrons.